The molecule has 1 aromatic heterocycles. The Morgan fingerprint density at radius 1 is 1.37 bits per heavy atom. The van der Waals surface area contributed by atoms with Gasteiger partial charge in [0.15, 0.2) is 22.9 Å². The Labute approximate surface area is 112 Å². The van der Waals surface area contributed by atoms with Crippen molar-refractivity contribution in [2.45, 2.75) is 25.1 Å². The number of nitrogens with one attached hydrogen (secondary N) is 1. The molecule has 108 valence electrons. The van der Waals surface area contributed by atoms with Gasteiger partial charge in [0, 0.05) is 13.0 Å². The number of anilines is 1. The van der Waals surface area contributed by atoms with Crippen molar-refractivity contribution in [1.29, 1.82) is 0 Å². The van der Waals surface area contributed by atoms with Crippen molar-refractivity contribution in [3.8, 4) is 0 Å². The first-order valence-electron chi connectivity index (χ1n) is 5.40. The normalized spacial score (nSPS) is 13.5. The standard InChI is InChI=1S/C9H13ClF3N5O/c10-7-8(14)16-6(17-18-7)2-1-3-15-4-5(19)9(11,12)13/h5,15,19H,1-4H2,(H2,14,16,17)/t5-/m1/s1. The van der Waals surface area contributed by atoms with Crippen molar-refractivity contribution >= 4 is 17.4 Å². The highest BCUT2D eigenvalue weighted by molar-refractivity contribution is 6.31. The molecule has 1 atom stereocenters. The molecule has 0 saturated carbocycles. The van der Waals surface area contributed by atoms with Gasteiger partial charge in [-0.15, -0.1) is 10.2 Å². The van der Waals surface area contributed by atoms with Crippen LogP contribution in [0.5, 0.6) is 0 Å². The molecule has 0 saturated heterocycles. The summed E-state index contributed by atoms with van der Waals surface area (Å²) in [6, 6.07) is 0. The molecule has 6 nitrogen and oxygen atoms in total. The minimum Gasteiger partial charge on any atom is -0.382 e. The quantitative estimate of drug-likeness (QED) is 0.664. The van der Waals surface area contributed by atoms with Gasteiger partial charge >= 0.3 is 6.18 Å². The number of aryl methyl sites for hydroxylation is 1. The summed E-state index contributed by atoms with van der Waals surface area (Å²) in [5.41, 5.74) is 5.42. The van der Waals surface area contributed by atoms with Gasteiger partial charge in [0.2, 0.25) is 0 Å². The van der Waals surface area contributed by atoms with E-state index in [9.17, 15) is 13.2 Å². The molecule has 0 fully saturated rings. The van der Waals surface area contributed by atoms with E-state index in [0.717, 1.165) is 0 Å². The minimum absolute atomic E-state index is 0.00942. The number of nitrogens with two attached hydrogens (primary N) is 1. The lowest BCUT2D eigenvalue weighted by atomic mass is 10.3. The summed E-state index contributed by atoms with van der Waals surface area (Å²) in [4.78, 5) is 3.86. The van der Waals surface area contributed by atoms with Crippen LogP contribution in [0, 0.1) is 0 Å². The van der Waals surface area contributed by atoms with E-state index in [4.69, 9.17) is 22.4 Å². The first-order valence-corrected chi connectivity index (χ1v) is 5.78. The summed E-state index contributed by atoms with van der Waals surface area (Å²) in [6.07, 6.45) is -6.10. The Hall–Kier alpha value is -1.19. The summed E-state index contributed by atoms with van der Waals surface area (Å²) in [5.74, 6) is 0.423. The van der Waals surface area contributed by atoms with Crippen LogP contribution in [0.3, 0.4) is 0 Å². The molecule has 19 heavy (non-hydrogen) atoms. The van der Waals surface area contributed by atoms with Crippen molar-refractivity contribution < 1.29 is 18.3 Å². The van der Waals surface area contributed by atoms with Gasteiger partial charge in [0.25, 0.3) is 0 Å². The van der Waals surface area contributed by atoms with Crippen molar-refractivity contribution in [2.75, 3.05) is 18.8 Å². The molecule has 1 aromatic rings. The summed E-state index contributed by atoms with van der Waals surface area (Å²) >= 11 is 5.53. The zero-order chi connectivity index (χ0) is 14.5. The van der Waals surface area contributed by atoms with Crippen LogP contribution in [-0.2, 0) is 6.42 Å². The Kier molecular flexibility index (Phi) is 5.70. The Balaban J connectivity index is 2.22. The molecular weight excluding hydrogens is 287 g/mol. The van der Waals surface area contributed by atoms with Crippen LogP contribution in [0.2, 0.25) is 5.15 Å². The fraction of sp³-hybridized carbons (Fsp3) is 0.667. The summed E-state index contributed by atoms with van der Waals surface area (Å²) in [6.45, 7) is -0.273. The van der Waals surface area contributed by atoms with Crippen molar-refractivity contribution in [1.82, 2.24) is 20.5 Å². The molecule has 0 radical (unpaired) electrons. The van der Waals surface area contributed by atoms with Crippen LogP contribution in [0.1, 0.15) is 12.2 Å². The first kappa shape index (κ1) is 15.9. The monoisotopic (exact) mass is 299 g/mol. The molecule has 0 aliphatic carbocycles. The highest BCUT2D eigenvalue weighted by atomic mass is 35.5. The number of alkyl halides is 3. The molecule has 0 aromatic carbocycles. The maximum atomic E-state index is 12.0. The number of aromatic nitrogens is 3. The van der Waals surface area contributed by atoms with Crippen molar-refractivity contribution in [3.63, 3.8) is 0 Å². The third-order valence-electron chi connectivity index (χ3n) is 2.18. The number of nitrogens with zero attached hydrogens (tertiary/aromatic N) is 3. The lowest BCUT2D eigenvalue weighted by molar-refractivity contribution is -0.201. The van der Waals surface area contributed by atoms with E-state index < -0.39 is 18.8 Å². The number of hydrogen-bond donors (Lipinski definition) is 3. The van der Waals surface area contributed by atoms with E-state index in [1.165, 1.54) is 0 Å². The number of aliphatic hydroxyl groups excluding tert-OH is 1. The number of aliphatic hydroxyl groups is 1. The Morgan fingerprint density at radius 2 is 2.05 bits per heavy atom. The van der Waals surface area contributed by atoms with Gasteiger partial charge in [-0.25, -0.2) is 4.98 Å². The third kappa shape index (κ3) is 5.53. The van der Waals surface area contributed by atoms with Crippen molar-refractivity contribution in [2.24, 2.45) is 0 Å². The van der Waals surface area contributed by atoms with Gasteiger partial charge in [0.1, 0.15) is 0 Å². The molecule has 0 amide bonds. The highest BCUT2D eigenvalue weighted by Gasteiger charge is 2.37. The molecule has 0 aliphatic rings. The summed E-state index contributed by atoms with van der Waals surface area (Å²) < 4.78 is 35.9. The molecule has 0 bridgehead atoms. The van der Waals surface area contributed by atoms with Crippen LogP contribution in [0.15, 0.2) is 0 Å². The predicted molar refractivity (Wildman–Crippen MR) is 62.5 cm³/mol. The number of nitrogen functional groups attached to an aromatic ring is 1. The van der Waals surface area contributed by atoms with Crippen LogP contribution in [-0.4, -0.2) is 45.7 Å². The van der Waals surface area contributed by atoms with Gasteiger partial charge in [-0.2, -0.15) is 13.2 Å². The SMILES string of the molecule is Nc1nc(CCCNC[C@@H](O)C(F)(F)F)nnc1Cl. The topological polar surface area (TPSA) is 97.0 Å². The largest absolute Gasteiger partial charge is 0.415 e. The fourth-order valence-corrected chi connectivity index (χ4v) is 1.27. The molecule has 1 rings (SSSR count). The number of hydrogen-bond acceptors (Lipinski definition) is 6. The summed E-state index contributed by atoms with van der Waals surface area (Å²) in [7, 11) is 0. The minimum atomic E-state index is -4.61. The maximum Gasteiger partial charge on any atom is 0.415 e. The van der Waals surface area contributed by atoms with Gasteiger partial charge in [-0.1, -0.05) is 11.6 Å². The van der Waals surface area contributed by atoms with E-state index in [0.29, 0.717) is 18.7 Å². The second kappa shape index (κ2) is 6.83. The predicted octanol–water partition coefficient (Wildman–Crippen LogP) is 0.553. The molecule has 0 unspecified atom stereocenters. The third-order valence-corrected chi connectivity index (χ3v) is 2.45. The zero-order valence-electron chi connectivity index (χ0n) is 9.78. The van der Waals surface area contributed by atoms with E-state index in [-0.39, 0.29) is 17.5 Å². The van der Waals surface area contributed by atoms with E-state index in [1.807, 2.05) is 0 Å². The van der Waals surface area contributed by atoms with Gasteiger partial charge < -0.3 is 16.2 Å². The van der Waals surface area contributed by atoms with Crippen LogP contribution in [0.4, 0.5) is 19.0 Å². The molecule has 10 heteroatoms. The molecule has 1 heterocycles. The fourth-order valence-electron chi connectivity index (χ4n) is 1.19. The smallest absolute Gasteiger partial charge is 0.382 e. The summed E-state index contributed by atoms with van der Waals surface area (Å²) in [5, 5.41) is 18.4. The van der Waals surface area contributed by atoms with Crippen molar-refractivity contribution in [3.05, 3.63) is 11.0 Å². The molecule has 0 aliphatic heterocycles. The average Bonchev–Trinajstić information content (AvgIpc) is 2.31. The van der Waals surface area contributed by atoms with Crippen LogP contribution >= 0.6 is 11.6 Å². The average molecular weight is 300 g/mol. The second-order valence-corrected chi connectivity index (χ2v) is 4.13. The number of rotatable bonds is 6. The van der Waals surface area contributed by atoms with E-state index in [2.05, 4.69) is 20.5 Å². The lowest BCUT2D eigenvalue weighted by Gasteiger charge is -2.14. The maximum absolute atomic E-state index is 12.0. The van der Waals surface area contributed by atoms with Crippen LogP contribution in [0.25, 0.3) is 0 Å². The Morgan fingerprint density at radius 3 is 2.63 bits per heavy atom. The van der Waals surface area contributed by atoms with Gasteiger partial charge in [0.05, 0.1) is 0 Å². The highest BCUT2D eigenvalue weighted by Crippen LogP contribution is 2.19. The van der Waals surface area contributed by atoms with Crippen LogP contribution < -0.4 is 11.1 Å². The lowest BCUT2D eigenvalue weighted by Crippen LogP contribution is -2.38. The Bertz CT molecular complexity index is 417. The first-order chi connectivity index (χ1) is 8.80. The second-order valence-electron chi connectivity index (χ2n) is 3.77. The molecule has 0 spiro atoms. The van der Waals surface area contributed by atoms with E-state index >= 15 is 0 Å². The number of halogens is 4. The molecule has 4 N–H and O–H groups in total. The molecular formula is C9H13ClF3N5O. The van der Waals surface area contributed by atoms with Gasteiger partial charge in [-0.3, -0.25) is 0 Å². The van der Waals surface area contributed by atoms with E-state index in [1.54, 1.807) is 0 Å². The zero-order valence-corrected chi connectivity index (χ0v) is 10.5. The van der Waals surface area contributed by atoms with Gasteiger partial charge in [-0.05, 0) is 13.0 Å².